The van der Waals surface area contributed by atoms with E-state index in [9.17, 15) is 23.3 Å². The molecule has 1 aromatic rings. The minimum atomic E-state index is -3.90. The lowest BCUT2D eigenvalue weighted by Crippen LogP contribution is -2.39. The lowest BCUT2D eigenvalue weighted by atomic mass is 10.2. The molecule has 8 nitrogen and oxygen atoms in total. The summed E-state index contributed by atoms with van der Waals surface area (Å²) in [5, 5.41) is 10.8. The number of para-hydroxylation sites is 1. The Morgan fingerprint density at radius 2 is 2.05 bits per heavy atom. The van der Waals surface area contributed by atoms with Crippen molar-refractivity contribution >= 4 is 21.7 Å². The van der Waals surface area contributed by atoms with Crippen molar-refractivity contribution < 1.29 is 22.9 Å². The Hall–Kier alpha value is -2.00. The fourth-order valence-corrected chi connectivity index (χ4v) is 2.92. The first-order valence-electron chi connectivity index (χ1n) is 5.57. The molecule has 1 rings (SSSR count). The Kier molecular flexibility index (Phi) is 5.17. The molecule has 1 N–H and O–H groups in total. The summed E-state index contributed by atoms with van der Waals surface area (Å²) in [4.78, 5) is 21.3. The van der Waals surface area contributed by atoms with Crippen LogP contribution >= 0.6 is 0 Å². The van der Waals surface area contributed by atoms with Gasteiger partial charge in [-0.25, -0.2) is 13.1 Å². The highest BCUT2D eigenvalue weighted by atomic mass is 32.2. The zero-order valence-corrected chi connectivity index (χ0v) is 11.7. The van der Waals surface area contributed by atoms with Crippen LogP contribution in [0.3, 0.4) is 0 Å². The molecule has 1 atom stereocenters. The highest BCUT2D eigenvalue weighted by Crippen LogP contribution is 2.19. The number of sulfonamides is 1. The average Bonchev–Trinajstić information content (AvgIpc) is 2.36. The van der Waals surface area contributed by atoms with Crippen molar-refractivity contribution in [1.29, 1.82) is 0 Å². The molecule has 0 bridgehead atoms. The smallest absolute Gasteiger partial charge is 0.323 e. The Balaban J connectivity index is 2.92. The van der Waals surface area contributed by atoms with E-state index in [1.54, 1.807) is 0 Å². The van der Waals surface area contributed by atoms with Gasteiger partial charge in [-0.15, -0.1) is 0 Å². The quantitative estimate of drug-likeness (QED) is 0.467. The predicted molar refractivity (Wildman–Crippen MR) is 70.3 cm³/mol. The molecule has 20 heavy (non-hydrogen) atoms. The molecule has 0 radical (unpaired) electrons. The topological polar surface area (TPSA) is 116 Å². The number of ether oxygens (including phenoxy) is 1. The third kappa shape index (κ3) is 4.28. The number of methoxy groups -OCH3 is 1. The van der Waals surface area contributed by atoms with Gasteiger partial charge in [0, 0.05) is 11.6 Å². The van der Waals surface area contributed by atoms with Crippen LogP contribution in [0.2, 0.25) is 0 Å². The number of carbonyl (C=O) groups is 1. The van der Waals surface area contributed by atoms with Gasteiger partial charge in [0.15, 0.2) is 0 Å². The van der Waals surface area contributed by atoms with Crippen molar-refractivity contribution in [2.24, 2.45) is 0 Å². The van der Waals surface area contributed by atoms with E-state index >= 15 is 0 Å². The lowest BCUT2D eigenvalue weighted by molar-refractivity contribution is -0.385. The van der Waals surface area contributed by atoms with E-state index in [1.165, 1.54) is 31.2 Å². The van der Waals surface area contributed by atoms with E-state index in [2.05, 4.69) is 9.46 Å². The number of nitrogens with one attached hydrogen (secondary N) is 1. The lowest BCUT2D eigenvalue weighted by Gasteiger charge is -2.12. The van der Waals surface area contributed by atoms with Crippen LogP contribution in [0, 0.1) is 10.1 Å². The van der Waals surface area contributed by atoms with Gasteiger partial charge in [0.1, 0.15) is 6.04 Å². The van der Waals surface area contributed by atoms with Gasteiger partial charge in [0.2, 0.25) is 10.0 Å². The second-order valence-corrected chi connectivity index (χ2v) is 5.76. The van der Waals surface area contributed by atoms with Gasteiger partial charge in [-0.1, -0.05) is 18.2 Å². The molecule has 0 aliphatic rings. The summed E-state index contributed by atoms with van der Waals surface area (Å²) in [6.45, 7) is 1.32. The zero-order valence-electron chi connectivity index (χ0n) is 10.9. The predicted octanol–water partition coefficient (Wildman–Crippen LogP) is 0.576. The number of nitrogens with zero attached hydrogens (tertiary/aromatic N) is 1. The summed E-state index contributed by atoms with van der Waals surface area (Å²) in [5.74, 6) is -1.33. The number of hydrogen-bond acceptors (Lipinski definition) is 6. The largest absolute Gasteiger partial charge is 0.468 e. The molecule has 110 valence electrons. The van der Waals surface area contributed by atoms with Gasteiger partial charge in [0.25, 0.3) is 5.69 Å². The van der Waals surface area contributed by atoms with Crippen LogP contribution in [0.1, 0.15) is 12.5 Å². The van der Waals surface area contributed by atoms with Crippen LogP contribution in [0.4, 0.5) is 5.69 Å². The molecular weight excluding hydrogens is 288 g/mol. The monoisotopic (exact) mass is 302 g/mol. The Bertz CT molecular complexity index is 613. The molecule has 0 aliphatic carbocycles. The van der Waals surface area contributed by atoms with E-state index in [0.717, 1.165) is 7.11 Å². The van der Waals surface area contributed by atoms with Gasteiger partial charge in [-0.05, 0) is 6.92 Å². The minimum absolute atomic E-state index is 0.0436. The Labute approximate surface area is 115 Å². The summed E-state index contributed by atoms with van der Waals surface area (Å²) >= 11 is 0. The second kappa shape index (κ2) is 6.44. The molecule has 0 saturated carbocycles. The summed E-state index contributed by atoms with van der Waals surface area (Å²) in [6.07, 6.45) is 0. The fraction of sp³-hybridized carbons (Fsp3) is 0.364. The number of carbonyl (C=O) groups excluding carboxylic acids is 1. The third-order valence-corrected chi connectivity index (χ3v) is 3.85. The Morgan fingerprint density at radius 1 is 1.45 bits per heavy atom. The molecular formula is C11H14N2O6S. The van der Waals surface area contributed by atoms with Gasteiger partial charge in [-0.3, -0.25) is 14.9 Å². The SMILES string of the molecule is COC(=O)C(C)NS(=O)(=O)Cc1ccccc1[N+](=O)[O-]. The van der Waals surface area contributed by atoms with Crippen molar-refractivity contribution in [2.75, 3.05) is 7.11 Å². The van der Waals surface area contributed by atoms with Crippen LogP contribution in [0.25, 0.3) is 0 Å². The molecule has 1 aromatic carbocycles. The summed E-state index contributed by atoms with van der Waals surface area (Å²) in [6, 6.07) is 4.45. The van der Waals surface area contributed by atoms with Crippen LogP contribution in [-0.2, 0) is 25.3 Å². The molecule has 1 unspecified atom stereocenters. The maximum Gasteiger partial charge on any atom is 0.323 e. The van der Waals surface area contributed by atoms with Crippen LogP contribution in [-0.4, -0.2) is 32.5 Å². The van der Waals surface area contributed by atoms with E-state index in [4.69, 9.17) is 0 Å². The normalized spacial score (nSPS) is 12.7. The van der Waals surface area contributed by atoms with Gasteiger partial charge < -0.3 is 4.74 Å². The number of benzene rings is 1. The van der Waals surface area contributed by atoms with Crippen LogP contribution < -0.4 is 4.72 Å². The molecule has 0 spiro atoms. The highest BCUT2D eigenvalue weighted by molar-refractivity contribution is 7.88. The molecule has 0 fully saturated rings. The standard InChI is InChI=1S/C11H14N2O6S/c1-8(11(14)19-2)12-20(17,18)7-9-5-3-4-6-10(9)13(15)16/h3-6,8,12H,7H2,1-2H3. The first-order valence-corrected chi connectivity index (χ1v) is 7.22. The van der Waals surface area contributed by atoms with Crippen molar-refractivity contribution in [3.8, 4) is 0 Å². The van der Waals surface area contributed by atoms with Crippen LogP contribution in [0.5, 0.6) is 0 Å². The molecule has 0 heterocycles. The fourth-order valence-electron chi connectivity index (χ4n) is 1.55. The van der Waals surface area contributed by atoms with Crippen LogP contribution in [0.15, 0.2) is 24.3 Å². The number of nitro groups is 1. The summed E-state index contributed by atoms with van der Waals surface area (Å²) in [5.41, 5.74) is -0.245. The second-order valence-electron chi connectivity index (χ2n) is 4.01. The average molecular weight is 302 g/mol. The van der Waals surface area contributed by atoms with Gasteiger partial charge in [0.05, 0.1) is 17.8 Å². The molecule has 0 amide bonds. The first-order chi connectivity index (χ1) is 9.26. The highest BCUT2D eigenvalue weighted by Gasteiger charge is 2.24. The molecule has 0 saturated heterocycles. The molecule has 0 aromatic heterocycles. The summed E-state index contributed by atoms with van der Waals surface area (Å²) < 4.78 is 30.2. The maximum atomic E-state index is 11.9. The minimum Gasteiger partial charge on any atom is -0.468 e. The number of hydrogen-bond donors (Lipinski definition) is 1. The number of rotatable bonds is 6. The number of esters is 1. The van der Waals surface area contributed by atoms with E-state index < -0.39 is 32.7 Å². The van der Waals surface area contributed by atoms with Crippen molar-refractivity contribution in [2.45, 2.75) is 18.7 Å². The van der Waals surface area contributed by atoms with E-state index in [-0.39, 0.29) is 11.3 Å². The third-order valence-electron chi connectivity index (χ3n) is 2.44. The van der Waals surface area contributed by atoms with Crippen molar-refractivity contribution in [3.63, 3.8) is 0 Å². The first kappa shape index (κ1) is 16.1. The van der Waals surface area contributed by atoms with Gasteiger partial charge >= 0.3 is 5.97 Å². The Morgan fingerprint density at radius 3 is 2.60 bits per heavy atom. The van der Waals surface area contributed by atoms with Crippen molar-refractivity contribution in [3.05, 3.63) is 39.9 Å². The van der Waals surface area contributed by atoms with Gasteiger partial charge in [-0.2, -0.15) is 0 Å². The number of nitro benzene ring substituents is 1. The van der Waals surface area contributed by atoms with Crippen molar-refractivity contribution in [1.82, 2.24) is 4.72 Å². The van der Waals surface area contributed by atoms with E-state index in [1.807, 2.05) is 0 Å². The maximum absolute atomic E-state index is 11.9. The van der Waals surface area contributed by atoms with E-state index in [0.29, 0.717) is 0 Å². The molecule has 0 aliphatic heterocycles. The molecule has 9 heteroatoms. The summed E-state index contributed by atoms with van der Waals surface area (Å²) in [7, 11) is -2.77. The zero-order chi connectivity index (χ0) is 15.3.